The summed E-state index contributed by atoms with van der Waals surface area (Å²) in [6.45, 7) is 6.05. The maximum Gasteiger partial charge on any atom is 0.330 e. The lowest BCUT2D eigenvalue weighted by Crippen LogP contribution is -2.07. The largest absolute Gasteiger partial charge is 0.466 e. The van der Waals surface area contributed by atoms with Gasteiger partial charge in [0.05, 0.1) is 13.2 Å². The van der Waals surface area contributed by atoms with Crippen molar-refractivity contribution in [3.05, 3.63) is 12.7 Å². The van der Waals surface area contributed by atoms with E-state index in [1.165, 1.54) is 0 Å². The average molecular weight is 228 g/mol. The van der Waals surface area contributed by atoms with Crippen LogP contribution in [0.3, 0.4) is 0 Å². The smallest absolute Gasteiger partial charge is 0.330 e. The molecule has 0 heterocycles. The maximum atomic E-state index is 11.1. The van der Waals surface area contributed by atoms with E-state index in [1.807, 2.05) is 6.92 Å². The molecule has 16 heavy (non-hydrogen) atoms. The quantitative estimate of drug-likeness (QED) is 0.345. The first kappa shape index (κ1) is 14.7. The van der Waals surface area contributed by atoms with E-state index in [1.54, 1.807) is 0 Å². The Morgan fingerprint density at radius 3 is 2.31 bits per heavy atom. The Morgan fingerprint density at radius 2 is 1.75 bits per heavy atom. The molecule has 0 aromatic heterocycles. The van der Waals surface area contributed by atoms with Crippen molar-refractivity contribution in [1.29, 1.82) is 0 Å². The Balaban J connectivity index is 3.23. The molecule has 0 saturated carbocycles. The molecule has 4 heteroatoms. The van der Waals surface area contributed by atoms with Crippen molar-refractivity contribution in [2.24, 2.45) is 0 Å². The van der Waals surface area contributed by atoms with Gasteiger partial charge in [-0.1, -0.05) is 19.9 Å². The van der Waals surface area contributed by atoms with Crippen LogP contribution in [0.5, 0.6) is 0 Å². The molecular formula is C12H20O4. The zero-order valence-electron chi connectivity index (χ0n) is 9.87. The van der Waals surface area contributed by atoms with Crippen LogP contribution in [0.15, 0.2) is 12.7 Å². The minimum atomic E-state index is -0.417. The van der Waals surface area contributed by atoms with Crippen LogP contribution in [0.2, 0.25) is 0 Å². The highest BCUT2D eigenvalue weighted by atomic mass is 16.5. The van der Waals surface area contributed by atoms with Gasteiger partial charge in [0, 0.05) is 12.5 Å². The van der Waals surface area contributed by atoms with Gasteiger partial charge in [-0.05, 0) is 19.3 Å². The highest BCUT2D eigenvalue weighted by Crippen LogP contribution is 1.98. The molecule has 0 bridgehead atoms. The third kappa shape index (κ3) is 9.24. The summed E-state index contributed by atoms with van der Waals surface area (Å²) in [5.41, 5.74) is 0. The third-order valence-corrected chi connectivity index (χ3v) is 1.95. The summed E-state index contributed by atoms with van der Waals surface area (Å²) in [5, 5.41) is 0. The lowest BCUT2D eigenvalue weighted by Gasteiger charge is -2.04. The van der Waals surface area contributed by atoms with Crippen LogP contribution in [-0.2, 0) is 19.1 Å². The Labute approximate surface area is 96.6 Å². The van der Waals surface area contributed by atoms with E-state index < -0.39 is 5.97 Å². The van der Waals surface area contributed by atoms with E-state index in [9.17, 15) is 9.59 Å². The molecule has 0 spiro atoms. The van der Waals surface area contributed by atoms with Gasteiger partial charge in [-0.2, -0.15) is 0 Å². The van der Waals surface area contributed by atoms with Crippen molar-refractivity contribution in [3.8, 4) is 0 Å². The number of hydrogen-bond donors (Lipinski definition) is 0. The van der Waals surface area contributed by atoms with E-state index in [0.29, 0.717) is 32.5 Å². The van der Waals surface area contributed by atoms with Crippen LogP contribution in [0.4, 0.5) is 0 Å². The number of rotatable bonds is 9. The molecule has 0 aliphatic heterocycles. The van der Waals surface area contributed by atoms with Crippen LogP contribution < -0.4 is 0 Å². The minimum absolute atomic E-state index is 0.148. The van der Waals surface area contributed by atoms with E-state index >= 15 is 0 Å². The fraction of sp³-hybridized carbons (Fsp3) is 0.667. The maximum absolute atomic E-state index is 11.1. The number of esters is 2. The number of carbonyl (C=O) groups is 2. The second-order valence-electron chi connectivity index (χ2n) is 3.40. The van der Waals surface area contributed by atoms with Crippen LogP contribution >= 0.6 is 0 Å². The fourth-order valence-electron chi connectivity index (χ4n) is 1.02. The van der Waals surface area contributed by atoms with Crippen LogP contribution in [0.25, 0.3) is 0 Å². The van der Waals surface area contributed by atoms with Crippen molar-refractivity contribution in [2.45, 2.75) is 39.0 Å². The molecule has 0 aliphatic rings. The molecule has 0 radical (unpaired) electrons. The molecule has 0 atom stereocenters. The Morgan fingerprint density at radius 1 is 1.12 bits per heavy atom. The van der Waals surface area contributed by atoms with Crippen LogP contribution in [0, 0.1) is 0 Å². The predicted molar refractivity (Wildman–Crippen MR) is 60.9 cm³/mol. The molecule has 0 unspecified atom stereocenters. The second kappa shape index (κ2) is 10.2. The molecule has 0 aliphatic carbocycles. The van der Waals surface area contributed by atoms with Gasteiger partial charge in [0.1, 0.15) is 0 Å². The summed E-state index contributed by atoms with van der Waals surface area (Å²) in [4.78, 5) is 21.7. The molecule has 92 valence electrons. The Kier molecular flexibility index (Phi) is 9.36. The van der Waals surface area contributed by atoms with Gasteiger partial charge in [-0.15, -0.1) is 0 Å². The van der Waals surface area contributed by atoms with E-state index in [4.69, 9.17) is 9.47 Å². The van der Waals surface area contributed by atoms with Crippen molar-refractivity contribution in [3.63, 3.8) is 0 Å². The zero-order valence-corrected chi connectivity index (χ0v) is 9.87. The van der Waals surface area contributed by atoms with Crippen molar-refractivity contribution in [1.82, 2.24) is 0 Å². The second-order valence-corrected chi connectivity index (χ2v) is 3.40. The minimum Gasteiger partial charge on any atom is -0.466 e. The summed E-state index contributed by atoms with van der Waals surface area (Å²) in [6.07, 6.45) is 4.89. The molecule has 0 amide bonds. The van der Waals surface area contributed by atoms with Gasteiger partial charge in [0.15, 0.2) is 0 Å². The van der Waals surface area contributed by atoms with E-state index in [-0.39, 0.29) is 5.97 Å². The summed E-state index contributed by atoms with van der Waals surface area (Å²) in [6, 6.07) is 0. The van der Waals surface area contributed by atoms with E-state index in [0.717, 1.165) is 18.9 Å². The van der Waals surface area contributed by atoms with Crippen molar-refractivity contribution in [2.75, 3.05) is 13.2 Å². The van der Waals surface area contributed by atoms with Crippen molar-refractivity contribution >= 4 is 11.9 Å². The topological polar surface area (TPSA) is 52.6 Å². The number of unbranched alkanes of at least 4 members (excludes halogenated alkanes) is 2. The monoisotopic (exact) mass is 228 g/mol. The highest BCUT2D eigenvalue weighted by molar-refractivity contribution is 5.81. The van der Waals surface area contributed by atoms with Crippen LogP contribution in [0.1, 0.15) is 39.0 Å². The lowest BCUT2D eigenvalue weighted by molar-refractivity contribution is -0.144. The average Bonchev–Trinajstić information content (AvgIpc) is 2.30. The summed E-state index contributed by atoms with van der Waals surface area (Å²) < 4.78 is 9.74. The Hall–Kier alpha value is -1.32. The van der Waals surface area contributed by atoms with Crippen LogP contribution in [-0.4, -0.2) is 25.2 Å². The van der Waals surface area contributed by atoms with Crippen molar-refractivity contribution < 1.29 is 19.1 Å². The summed E-state index contributed by atoms with van der Waals surface area (Å²) in [7, 11) is 0. The molecule has 0 aromatic rings. The predicted octanol–water partition coefficient (Wildman–Crippen LogP) is 2.23. The molecule has 4 nitrogen and oxygen atoms in total. The third-order valence-electron chi connectivity index (χ3n) is 1.95. The normalized spacial score (nSPS) is 9.56. The first-order valence-electron chi connectivity index (χ1n) is 5.65. The number of ether oxygens (including phenoxy) is 2. The lowest BCUT2D eigenvalue weighted by atomic mass is 10.2. The highest BCUT2D eigenvalue weighted by Gasteiger charge is 2.01. The standard InChI is InChI=1S/C12H20O4/c1-3-5-8-12(14)16-10-7-6-9-15-11(13)4-2/h4H,2-3,5-10H2,1H3. The SMILES string of the molecule is C=CC(=O)OCCCCOC(=O)CCCC. The summed E-state index contributed by atoms with van der Waals surface area (Å²) in [5.74, 6) is -0.565. The molecule has 0 aromatic carbocycles. The molecule has 0 rings (SSSR count). The summed E-state index contributed by atoms with van der Waals surface area (Å²) >= 11 is 0. The van der Waals surface area contributed by atoms with E-state index in [2.05, 4.69) is 6.58 Å². The number of carbonyl (C=O) groups excluding carboxylic acids is 2. The zero-order chi connectivity index (χ0) is 12.2. The van der Waals surface area contributed by atoms with Gasteiger partial charge in [0.2, 0.25) is 0 Å². The van der Waals surface area contributed by atoms with Gasteiger partial charge >= 0.3 is 11.9 Å². The molecule has 0 N–H and O–H groups in total. The van der Waals surface area contributed by atoms with Gasteiger partial charge in [0.25, 0.3) is 0 Å². The first-order chi connectivity index (χ1) is 7.70. The Bertz CT molecular complexity index is 223. The van der Waals surface area contributed by atoms with Gasteiger partial charge in [-0.3, -0.25) is 4.79 Å². The first-order valence-corrected chi connectivity index (χ1v) is 5.65. The molecule has 0 fully saturated rings. The number of hydrogen-bond acceptors (Lipinski definition) is 4. The molecule has 0 saturated heterocycles. The van der Waals surface area contributed by atoms with Gasteiger partial charge in [-0.25, -0.2) is 4.79 Å². The molecular weight excluding hydrogens is 208 g/mol. The fourth-order valence-corrected chi connectivity index (χ4v) is 1.02. The van der Waals surface area contributed by atoms with Gasteiger partial charge < -0.3 is 9.47 Å².